The average molecular weight is 655 g/mol. The summed E-state index contributed by atoms with van der Waals surface area (Å²) in [7, 11) is 0. The molecule has 0 aliphatic heterocycles. The van der Waals surface area contributed by atoms with Crippen LogP contribution in [0.3, 0.4) is 0 Å². The summed E-state index contributed by atoms with van der Waals surface area (Å²) in [6.07, 6.45) is 0. The second-order valence-electron chi connectivity index (χ2n) is 12.6. The highest BCUT2D eigenvalue weighted by atomic mass is 15.2. The Hall–Kier alpha value is -7.05. The van der Waals surface area contributed by atoms with Crippen LogP contribution in [0, 0.1) is 0 Å². The van der Waals surface area contributed by atoms with Crippen LogP contribution in [-0.4, -0.2) is 24.1 Å². The van der Waals surface area contributed by atoms with Crippen LogP contribution in [-0.2, 0) is 0 Å². The molecule has 10 rings (SSSR count). The highest BCUT2D eigenvalue weighted by Crippen LogP contribution is 2.39. The molecule has 6 nitrogen and oxygen atoms in total. The van der Waals surface area contributed by atoms with Crippen LogP contribution >= 0.6 is 0 Å². The zero-order valence-corrected chi connectivity index (χ0v) is 27.5. The topological polar surface area (TPSA) is 60.6 Å². The number of rotatable bonds is 6. The zero-order chi connectivity index (χ0) is 33.7. The molecule has 0 bridgehead atoms. The highest BCUT2D eigenvalue weighted by molar-refractivity contribution is 6.16. The van der Waals surface area contributed by atoms with Crippen molar-refractivity contribution >= 4 is 55.0 Å². The molecule has 0 aliphatic rings. The molecule has 0 radical (unpaired) electrons. The molecule has 3 aromatic heterocycles. The fourth-order valence-electron chi connectivity index (χ4n) is 7.30. The first kappa shape index (κ1) is 28.9. The number of nitrogens with zero attached hydrogens (tertiary/aromatic N) is 5. The molecule has 0 unspecified atom stereocenters. The third-order valence-corrected chi connectivity index (χ3v) is 9.55. The lowest BCUT2D eigenvalue weighted by Crippen LogP contribution is -2.06. The number of para-hydroxylation sites is 3. The Morgan fingerprint density at radius 1 is 0.392 bits per heavy atom. The number of hydrogen-bond acceptors (Lipinski definition) is 4. The van der Waals surface area contributed by atoms with E-state index in [1.807, 2.05) is 60.7 Å². The molecule has 0 saturated carbocycles. The van der Waals surface area contributed by atoms with Crippen molar-refractivity contribution in [2.24, 2.45) is 0 Å². The lowest BCUT2D eigenvalue weighted by molar-refractivity contribution is 0.953. The Morgan fingerprint density at radius 2 is 0.941 bits per heavy atom. The standard InChI is InChI=1S/C45H30N6/c1-4-15-30(16-5-1)43-47-44(31-17-6-2-7-18-31)49-45(48-43)51-38-24-12-10-21-34(38)35-28-27-32(29-41(35)51)46-37-23-14-26-40-42(37)36-22-11-13-25-39(36)50(40)33-19-8-3-9-20-33/h1-29,46H. The molecular weight excluding hydrogens is 625 g/mol. The van der Waals surface area contributed by atoms with E-state index >= 15 is 0 Å². The molecule has 0 amide bonds. The first-order valence-corrected chi connectivity index (χ1v) is 17.1. The SMILES string of the molecule is c1ccc(-c2nc(-c3ccccc3)nc(-n3c4ccccc4c4ccc(Nc5cccc6c5c5ccccc5n6-c5ccccc5)cc43)n2)cc1. The Kier molecular flexibility index (Phi) is 6.70. The van der Waals surface area contributed by atoms with Crippen molar-refractivity contribution in [2.75, 3.05) is 5.32 Å². The van der Waals surface area contributed by atoms with Crippen molar-refractivity contribution in [3.63, 3.8) is 0 Å². The smallest absolute Gasteiger partial charge is 0.238 e. The van der Waals surface area contributed by atoms with Crippen LogP contribution in [0.5, 0.6) is 0 Å². The van der Waals surface area contributed by atoms with E-state index in [-0.39, 0.29) is 0 Å². The summed E-state index contributed by atoms with van der Waals surface area (Å²) in [4.78, 5) is 15.2. The molecule has 0 aliphatic carbocycles. The van der Waals surface area contributed by atoms with E-state index in [1.165, 1.54) is 16.3 Å². The first-order valence-electron chi connectivity index (χ1n) is 17.1. The Labute approximate surface area is 293 Å². The van der Waals surface area contributed by atoms with Gasteiger partial charge in [-0.05, 0) is 48.5 Å². The molecule has 6 heteroatoms. The predicted octanol–water partition coefficient (Wildman–Crippen LogP) is 11.1. The third-order valence-electron chi connectivity index (χ3n) is 9.55. The van der Waals surface area contributed by atoms with Crippen LogP contribution in [0.1, 0.15) is 0 Å². The van der Waals surface area contributed by atoms with Gasteiger partial charge in [0.2, 0.25) is 5.95 Å². The summed E-state index contributed by atoms with van der Waals surface area (Å²) >= 11 is 0. The predicted molar refractivity (Wildman–Crippen MR) is 209 cm³/mol. The Bertz CT molecular complexity index is 2820. The maximum Gasteiger partial charge on any atom is 0.238 e. The summed E-state index contributed by atoms with van der Waals surface area (Å²) in [5.41, 5.74) is 9.36. The summed E-state index contributed by atoms with van der Waals surface area (Å²) in [6, 6.07) is 60.9. The van der Waals surface area contributed by atoms with Gasteiger partial charge in [-0.2, -0.15) is 9.97 Å². The molecule has 0 saturated heterocycles. The Morgan fingerprint density at radius 3 is 1.63 bits per heavy atom. The summed E-state index contributed by atoms with van der Waals surface area (Å²) in [6.45, 7) is 0. The van der Waals surface area contributed by atoms with Crippen LogP contribution in [0.25, 0.3) is 78.0 Å². The first-order chi connectivity index (χ1) is 25.3. The highest BCUT2D eigenvalue weighted by Gasteiger charge is 2.19. The van der Waals surface area contributed by atoms with E-state index in [1.54, 1.807) is 0 Å². The molecule has 10 aromatic rings. The van der Waals surface area contributed by atoms with Crippen molar-refractivity contribution in [1.82, 2.24) is 24.1 Å². The van der Waals surface area contributed by atoms with E-state index in [0.717, 1.165) is 55.5 Å². The van der Waals surface area contributed by atoms with Crippen molar-refractivity contribution in [3.8, 4) is 34.4 Å². The van der Waals surface area contributed by atoms with E-state index in [0.29, 0.717) is 17.6 Å². The maximum absolute atomic E-state index is 5.11. The van der Waals surface area contributed by atoms with Crippen LogP contribution in [0.15, 0.2) is 176 Å². The number of aromatic nitrogens is 5. The monoisotopic (exact) mass is 654 g/mol. The number of hydrogen-bond donors (Lipinski definition) is 1. The minimum atomic E-state index is 0.569. The van der Waals surface area contributed by atoms with Gasteiger partial charge in [0.1, 0.15) is 0 Å². The molecule has 0 spiro atoms. The second kappa shape index (κ2) is 11.8. The maximum atomic E-state index is 5.11. The van der Waals surface area contributed by atoms with Gasteiger partial charge in [-0.15, -0.1) is 0 Å². The van der Waals surface area contributed by atoms with Gasteiger partial charge >= 0.3 is 0 Å². The molecular formula is C45H30N6. The number of benzene rings is 7. The van der Waals surface area contributed by atoms with Crippen LogP contribution < -0.4 is 5.32 Å². The van der Waals surface area contributed by atoms with Gasteiger partial charge in [0.05, 0.1) is 22.1 Å². The molecule has 0 fully saturated rings. The molecule has 3 heterocycles. The van der Waals surface area contributed by atoms with E-state index in [2.05, 4.69) is 130 Å². The minimum absolute atomic E-state index is 0.569. The molecule has 240 valence electrons. The van der Waals surface area contributed by atoms with Gasteiger partial charge in [-0.25, -0.2) is 4.98 Å². The minimum Gasteiger partial charge on any atom is -0.355 e. The van der Waals surface area contributed by atoms with Crippen molar-refractivity contribution in [3.05, 3.63) is 176 Å². The summed E-state index contributed by atoms with van der Waals surface area (Å²) in [5, 5.41) is 8.44. The molecule has 0 atom stereocenters. The van der Waals surface area contributed by atoms with Gasteiger partial charge in [0.15, 0.2) is 11.6 Å². The zero-order valence-electron chi connectivity index (χ0n) is 27.5. The van der Waals surface area contributed by atoms with Gasteiger partial charge in [0.25, 0.3) is 0 Å². The van der Waals surface area contributed by atoms with Gasteiger partial charge in [0, 0.05) is 49.7 Å². The van der Waals surface area contributed by atoms with Crippen molar-refractivity contribution < 1.29 is 0 Å². The average Bonchev–Trinajstić information content (AvgIpc) is 3.72. The van der Waals surface area contributed by atoms with E-state index < -0.39 is 0 Å². The van der Waals surface area contributed by atoms with Crippen molar-refractivity contribution in [2.45, 2.75) is 0 Å². The largest absolute Gasteiger partial charge is 0.355 e. The molecule has 51 heavy (non-hydrogen) atoms. The second-order valence-corrected chi connectivity index (χ2v) is 12.6. The van der Waals surface area contributed by atoms with Gasteiger partial charge in [-0.3, -0.25) is 4.57 Å². The Balaban J connectivity index is 1.17. The quantitative estimate of drug-likeness (QED) is 0.194. The summed E-state index contributed by atoms with van der Waals surface area (Å²) < 4.78 is 4.50. The van der Waals surface area contributed by atoms with Crippen LogP contribution in [0.2, 0.25) is 0 Å². The summed E-state index contributed by atoms with van der Waals surface area (Å²) in [5.74, 6) is 1.82. The van der Waals surface area contributed by atoms with Crippen LogP contribution in [0.4, 0.5) is 11.4 Å². The van der Waals surface area contributed by atoms with E-state index in [4.69, 9.17) is 15.0 Å². The van der Waals surface area contributed by atoms with Gasteiger partial charge in [-0.1, -0.05) is 127 Å². The lowest BCUT2D eigenvalue weighted by Gasteiger charge is -2.12. The van der Waals surface area contributed by atoms with E-state index in [9.17, 15) is 0 Å². The number of fused-ring (bicyclic) bond motifs is 6. The fourth-order valence-corrected chi connectivity index (χ4v) is 7.30. The van der Waals surface area contributed by atoms with Crippen molar-refractivity contribution in [1.29, 1.82) is 0 Å². The normalized spacial score (nSPS) is 11.5. The molecule has 1 N–H and O–H groups in total. The number of nitrogens with one attached hydrogen (secondary N) is 1. The lowest BCUT2D eigenvalue weighted by atomic mass is 10.1. The number of anilines is 2. The molecule has 7 aromatic carbocycles. The third kappa shape index (κ3) is 4.84. The van der Waals surface area contributed by atoms with Gasteiger partial charge < -0.3 is 9.88 Å². The fraction of sp³-hybridized carbons (Fsp3) is 0.